The van der Waals surface area contributed by atoms with E-state index in [2.05, 4.69) is 25.3 Å². The summed E-state index contributed by atoms with van der Waals surface area (Å²) in [6.07, 6.45) is 0. The summed E-state index contributed by atoms with van der Waals surface area (Å²) in [6.45, 7) is 1.95. The number of carbonyl (C=O) groups is 2. The fourth-order valence-electron chi connectivity index (χ4n) is 4.36. The minimum absolute atomic E-state index is 0.0338. The summed E-state index contributed by atoms with van der Waals surface area (Å²) in [4.78, 5) is 29.3. The highest BCUT2D eigenvalue weighted by molar-refractivity contribution is 6.04. The van der Waals surface area contributed by atoms with Crippen molar-refractivity contribution in [3.05, 3.63) is 77.9 Å². The number of esters is 2. The fourth-order valence-corrected chi connectivity index (χ4v) is 4.36. The molecule has 1 aliphatic heterocycles. The Bertz CT molecular complexity index is 1440. The highest BCUT2D eigenvalue weighted by Crippen LogP contribution is 2.38. The van der Waals surface area contributed by atoms with Gasteiger partial charge in [0.25, 0.3) is 5.95 Å². The highest BCUT2D eigenvalue weighted by Gasteiger charge is 2.40. The second-order valence-corrected chi connectivity index (χ2v) is 8.20. The summed E-state index contributed by atoms with van der Waals surface area (Å²) in [5.74, 6) is -0.702. The number of aliphatic imine (C=N–C) groups is 1. The monoisotopic (exact) mass is 485 g/mol. The van der Waals surface area contributed by atoms with Crippen LogP contribution in [0.3, 0.4) is 0 Å². The van der Waals surface area contributed by atoms with E-state index in [4.69, 9.17) is 9.47 Å². The van der Waals surface area contributed by atoms with Crippen LogP contribution in [0.5, 0.6) is 5.75 Å². The molecule has 0 spiro atoms. The van der Waals surface area contributed by atoms with Crippen molar-refractivity contribution in [3.8, 4) is 5.75 Å². The lowest BCUT2D eigenvalue weighted by molar-refractivity contribution is -0.147. The Balaban J connectivity index is 1.33. The molecule has 36 heavy (non-hydrogen) atoms. The van der Waals surface area contributed by atoms with Gasteiger partial charge in [0, 0.05) is 5.71 Å². The normalized spacial score (nSPS) is 16.7. The maximum Gasteiger partial charge on any atom is 0.337 e. The molecule has 0 saturated carbocycles. The average molecular weight is 486 g/mol. The lowest BCUT2D eigenvalue weighted by Gasteiger charge is -2.30. The molecule has 0 N–H and O–H groups in total. The molecule has 3 aromatic carbocycles. The molecule has 1 aliphatic rings. The van der Waals surface area contributed by atoms with Crippen LogP contribution >= 0.6 is 0 Å². The van der Waals surface area contributed by atoms with Crippen LogP contribution in [0.15, 0.2) is 71.7 Å². The van der Waals surface area contributed by atoms with Gasteiger partial charge in [-0.2, -0.15) is 0 Å². The Morgan fingerprint density at radius 2 is 1.75 bits per heavy atom. The van der Waals surface area contributed by atoms with Crippen LogP contribution in [-0.2, 0) is 14.3 Å². The summed E-state index contributed by atoms with van der Waals surface area (Å²) in [5, 5.41) is 14.0. The third-order valence-electron chi connectivity index (χ3n) is 6.05. The number of aromatic nitrogens is 4. The molecule has 10 heteroatoms. The van der Waals surface area contributed by atoms with Crippen molar-refractivity contribution in [1.29, 1.82) is 0 Å². The van der Waals surface area contributed by atoms with E-state index in [1.807, 2.05) is 42.5 Å². The van der Waals surface area contributed by atoms with E-state index in [0.29, 0.717) is 23.0 Å². The SMILES string of the molecule is COC(=O)c1ccc(OCCOC(=O)C2C(C)=Nc3nnnn3C2c2cccc3ccccc23)cc1. The van der Waals surface area contributed by atoms with Crippen molar-refractivity contribution >= 4 is 34.4 Å². The molecule has 0 radical (unpaired) electrons. The number of methoxy groups -OCH3 is 1. The number of rotatable bonds is 7. The first-order valence-corrected chi connectivity index (χ1v) is 11.4. The van der Waals surface area contributed by atoms with Gasteiger partial charge in [-0.25, -0.2) is 14.5 Å². The van der Waals surface area contributed by atoms with Crippen molar-refractivity contribution in [2.24, 2.45) is 10.9 Å². The minimum atomic E-state index is -0.717. The van der Waals surface area contributed by atoms with Gasteiger partial charge < -0.3 is 14.2 Å². The first kappa shape index (κ1) is 23.2. The van der Waals surface area contributed by atoms with Crippen LogP contribution in [0.1, 0.15) is 28.9 Å². The summed E-state index contributed by atoms with van der Waals surface area (Å²) in [7, 11) is 1.32. The number of fused-ring (bicyclic) bond motifs is 2. The number of benzene rings is 3. The topological polar surface area (TPSA) is 118 Å². The molecule has 4 aromatic rings. The predicted octanol–water partition coefficient (Wildman–Crippen LogP) is 3.55. The van der Waals surface area contributed by atoms with Crippen LogP contribution in [-0.4, -0.2) is 58.2 Å². The second kappa shape index (κ2) is 9.95. The third kappa shape index (κ3) is 4.40. The van der Waals surface area contributed by atoms with Crippen molar-refractivity contribution in [1.82, 2.24) is 20.2 Å². The first-order valence-electron chi connectivity index (χ1n) is 11.4. The molecule has 2 atom stereocenters. The number of tetrazole rings is 1. The van der Waals surface area contributed by atoms with E-state index >= 15 is 0 Å². The largest absolute Gasteiger partial charge is 0.490 e. The highest BCUT2D eigenvalue weighted by atomic mass is 16.6. The maximum atomic E-state index is 13.3. The summed E-state index contributed by atoms with van der Waals surface area (Å²) in [5.41, 5.74) is 1.89. The standard InChI is InChI=1S/C26H23N5O5/c1-16-22(25(33)36-15-14-35-19-12-10-18(11-13-19)24(32)34-2)23(31-26(27-16)28-29-30-31)21-9-5-7-17-6-3-4-8-20(17)21/h3-13,22-23H,14-15H2,1-2H3. The molecule has 0 fully saturated rings. The Morgan fingerprint density at radius 3 is 2.56 bits per heavy atom. The molecule has 10 nitrogen and oxygen atoms in total. The summed E-state index contributed by atoms with van der Waals surface area (Å²) in [6, 6.07) is 19.9. The molecule has 0 saturated heterocycles. The van der Waals surface area contributed by atoms with Crippen molar-refractivity contribution in [2.45, 2.75) is 13.0 Å². The lowest BCUT2D eigenvalue weighted by Crippen LogP contribution is -2.37. The Morgan fingerprint density at radius 1 is 0.972 bits per heavy atom. The van der Waals surface area contributed by atoms with E-state index < -0.39 is 23.9 Å². The van der Waals surface area contributed by atoms with Gasteiger partial charge in [-0.05, 0) is 58.0 Å². The van der Waals surface area contributed by atoms with Crippen molar-refractivity contribution in [3.63, 3.8) is 0 Å². The molecule has 0 amide bonds. The Labute approximate surface area is 206 Å². The zero-order chi connectivity index (χ0) is 25.1. The smallest absolute Gasteiger partial charge is 0.337 e. The molecule has 182 valence electrons. The number of hydrogen-bond donors (Lipinski definition) is 0. The zero-order valence-corrected chi connectivity index (χ0v) is 19.7. The lowest BCUT2D eigenvalue weighted by atomic mass is 9.86. The number of ether oxygens (including phenoxy) is 3. The molecular formula is C26H23N5O5. The van der Waals surface area contributed by atoms with Gasteiger partial charge in [0.1, 0.15) is 30.9 Å². The number of nitrogens with zero attached hydrogens (tertiary/aromatic N) is 5. The molecular weight excluding hydrogens is 462 g/mol. The van der Waals surface area contributed by atoms with E-state index in [-0.39, 0.29) is 13.2 Å². The van der Waals surface area contributed by atoms with Crippen LogP contribution in [0.25, 0.3) is 10.8 Å². The van der Waals surface area contributed by atoms with E-state index in [1.54, 1.807) is 35.9 Å². The quantitative estimate of drug-likeness (QED) is 0.288. The molecule has 0 bridgehead atoms. The van der Waals surface area contributed by atoms with Gasteiger partial charge in [0.2, 0.25) is 0 Å². The van der Waals surface area contributed by atoms with Gasteiger partial charge >= 0.3 is 11.9 Å². The Kier molecular flexibility index (Phi) is 6.40. The van der Waals surface area contributed by atoms with Crippen LogP contribution in [0, 0.1) is 5.92 Å². The first-order chi connectivity index (χ1) is 17.6. The van der Waals surface area contributed by atoms with E-state index in [1.165, 1.54) is 7.11 Å². The molecule has 0 aliphatic carbocycles. The summed E-state index contributed by atoms with van der Waals surface area (Å²) >= 11 is 0. The zero-order valence-electron chi connectivity index (χ0n) is 19.7. The van der Waals surface area contributed by atoms with Crippen molar-refractivity contribution in [2.75, 3.05) is 20.3 Å². The van der Waals surface area contributed by atoms with Gasteiger partial charge in [0.05, 0.1) is 12.7 Å². The Hall–Kier alpha value is -4.60. The number of hydrogen-bond acceptors (Lipinski definition) is 9. The van der Waals surface area contributed by atoms with Gasteiger partial charge in [-0.1, -0.05) is 47.6 Å². The average Bonchev–Trinajstić information content (AvgIpc) is 3.38. The molecule has 1 aromatic heterocycles. The predicted molar refractivity (Wildman–Crippen MR) is 130 cm³/mol. The maximum absolute atomic E-state index is 13.3. The fraction of sp³-hybridized carbons (Fsp3) is 0.231. The number of carbonyl (C=O) groups excluding carboxylic acids is 2. The molecule has 5 rings (SSSR count). The van der Waals surface area contributed by atoms with E-state index in [0.717, 1.165) is 16.3 Å². The van der Waals surface area contributed by atoms with Gasteiger partial charge in [0.15, 0.2) is 0 Å². The van der Waals surface area contributed by atoms with Crippen LogP contribution in [0.4, 0.5) is 5.95 Å². The summed E-state index contributed by atoms with van der Waals surface area (Å²) < 4.78 is 17.5. The minimum Gasteiger partial charge on any atom is -0.490 e. The van der Waals surface area contributed by atoms with E-state index in [9.17, 15) is 9.59 Å². The molecule has 2 unspecified atom stereocenters. The third-order valence-corrected chi connectivity index (χ3v) is 6.05. The second-order valence-electron chi connectivity index (χ2n) is 8.20. The van der Waals surface area contributed by atoms with Gasteiger partial charge in [-0.15, -0.1) is 0 Å². The van der Waals surface area contributed by atoms with Gasteiger partial charge in [-0.3, -0.25) is 4.79 Å². The van der Waals surface area contributed by atoms with Crippen LogP contribution < -0.4 is 4.74 Å². The van der Waals surface area contributed by atoms with Crippen molar-refractivity contribution < 1.29 is 23.8 Å². The molecule has 2 heterocycles. The van der Waals surface area contributed by atoms with Crippen LogP contribution in [0.2, 0.25) is 0 Å².